The van der Waals surface area contributed by atoms with Gasteiger partial charge in [-0.25, -0.2) is 23.5 Å². The molecule has 2 N–H and O–H groups in total. The summed E-state index contributed by atoms with van der Waals surface area (Å²) in [6.07, 6.45) is 0.345. The van der Waals surface area contributed by atoms with Gasteiger partial charge in [0.25, 0.3) is 5.92 Å². The lowest BCUT2D eigenvalue weighted by Gasteiger charge is -2.12. The molecule has 2 heterocycles. The van der Waals surface area contributed by atoms with Crippen LogP contribution in [0.25, 0.3) is 22.7 Å². The summed E-state index contributed by atoms with van der Waals surface area (Å²) in [4.78, 5) is 19.1. The maximum atomic E-state index is 12.9. The van der Waals surface area contributed by atoms with Crippen molar-refractivity contribution in [3.8, 4) is 23.1 Å². The molecule has 0 spiro atoms. The molecule has 0 unspecified atom stereocenters. The number of hydrogen-bond acceptors (Lipinski definition) is 6. The fraction of sp³-hybridized carbons (Fsp3) is 0.316. The molecule has 2 aromatic heterocycles. The number of carboxylic acid groups (broad SMARTS) is 1. The number of fused-ring (bicyclic) bond motifs is 1. The van der Waals surface area contributed by atoms with Crippen molar-refractivity contribution in [1.82, 2.24) is 15.3 Å². The number of nitrogens with one attached hydrogen (secondary N) is 1. The van der Waals surface area contributed by atoms with E-state index in [1.165, 1.54) is 18.3 Å². The maximum Gasteiger partial charge on any atom is 0.404 e. The first-order chi connectivity index (χ1) is 13.7. The third-order valence-corrected chi connectivity index (χ3v) is 3.68. The molecule has 1 amide bonds. The molecule has 154 valence electrons. The van der Waals surface area contributed by atoms with Crippen LogP contribution in [0.3, 0.4) is 0 Å². The highest BCUT2D eigenvalue weighted by Gasteiger charge is 2.22. The van der Waals surface area contributed by atoms with Crippen LogP contribution in [0.5, 0.6) is 11.5 Å². The molecule has 0 aliphatic rings. The van der Waals surface area contributed by atoms with Crippen LogP contribution in [0.4, 0.5) is 13.6 Å². The predicted octanol–water partition coefficient (Wildman–Crippen LogP) is 3.96. The average molecular weight is 407 g/mol. The summed E-state index contributed by atoms with van der Waals surface area (Å²) in [6, 6.07) is 7.56. The number of hydrogen-bond donors (Lipinski definition) is 2. The molecule has 1 aromatic carbocycles. The van der Waals surface area contributed by atoms with Gasteiger partial charge in [-0.3, -0.25) is 0 Å². The molecule has 29 heavy (non-hydrogen) atoms. The third kappa shape index (κ3) is 5.77. The van der Waals surface area contributed by atoms with Gasteiger partial charge in [-0.2, -0.15) is 0 Å². The van der Waals surface area contributed by atoms with E-state index in [1.54, 1.807) is 25.1 Å². The summed E-state index contributed by atoms with van der Waals surface area (Å²) in [5, 5.41) is 10.9. The lowest BCUT2D eigenvalue weighted by atomic mass is 10.3. The van der Waals surface area contributed by atoms with Gasteiger partial charge in [0.15, 0.2) is 12.2 Å². The van der Waals surface area contributed by atoms with E-state index in [1.807, 2.05) is 0 Å². The molecule has 0 saturated heterocycles. The molecule has 0 saturated carbocycles. The second-order valence-corrected chi connectivity index (χ2v) is 6.55. The van der Waals surface area contributed by atoms with Gasteiger partial charge in [0.1, 0.15) is 29.3 Å². The van der Waals surface area contributed by atoms with Gasteiger partial charge >= 0.3 is 6.09 Å². The lowest BCUT2D eigenvalue weighted by Crippen LogP contribution is -2.35. The Morgan fingerprint density at radius 2 is 2.03 bits per heavy atom. The second-order valence-electron chi connectivity index (χ2n) is 6.55. The molecular weight excluding hydrogens is 388 g/mol. The van der Waals surface area contributed by atoms with E-state index < -0.39 is 18.6 Å². The first-order valence-electron chi connectivity index (χ1n) is 8.69. The van der Waals surface area contributed by atoms with Crippen molar-refractivity contribution in [2.75, 3.05) is 13.2 Å². The Balaban J connectivity index is 1.67. The minimum absolute atomic E-state index is 0.149. The fourth-order valence-corrected chi connectivity index (χ4v) is 2.38. The summed E-state index contributed by atoms with van der Waals surface area (Å²) in [6.45, 7) is 1.87. The topological polar surface area (TPSA) is 107 Å². The number of ether oxygens (including phenoxy) is 2. The number of pyridine rings is 1. The normalized spacial score (nSPS) is 12.6. The molecule has 0 aliphatic carbocycles. The van der Waals surface area contributed by atoms with Crippen LogP contribution >= 0.6 is 0 Å². The molecule has 1 atom stereocenters. The van der Waals surface area contributed by atoms with Crippen molar-refractivity contribution in [2.24, 2.45) is 0 Å². The van der Waals surface area contributed by atoms with Crippen LogP contribution < -0.4 is 14.8 Å². The largest absolute Gasteiger partial charge is 0.490 e. The molecule has 0 bridgehead atoms. The Morgan fingerprint density at radius 3 is 2.69 bits per heavy atom. The van der Waals surface area contributed by atoms with E-state index in [-0.39, 0.29) is 24.3 Å². The third-order valence-electron chi connectivity index (χ3n) is 3.68. The summed E-state index contributed by atoms with van der Waals surface area (Å²) < 4.78 is 42.0. The number of aromatic nitrogens is 2. The number of halogens is 2. The summed E-state index contributed by atoms with van der Waals surface area (Å²) in [5.41, 5.74) is 1.37. The van der Waals surface area contributed by atoms with Crippen LogP contribution in [-0.2, 0) is 0 Å². The van der Waals surface area contributed by atoms with Crippen LogP contribution in [0.2, 0.25) is 0 Å². The van der Waals surface area contributed by atoms with Crippen molar-refractivity contribution in [3.63, 3.8) is 0 Å². The number of rotatable bonds is 8. The van der Waals surface area contributed by atoms with Gasteiger partial charge in [0.05, 0.1) is 12.2 Å². The van der Waals surface area contributed by atoms with Crippen LogP contribution in [0.1, 0.15) is 13.8 Å². The second kappa shape index (κ2) is 8.29. The summed E-state index contributed by atoms with van der Waals surface area (Å²) in [5.74, 6) is -1.97. The summed E-state index contributed by atoms with van der Waals surface area (Å²) >= 11 is 0. The predicted molar refractivity (Wildman–Crippen MR) is 99.5 cm³/mol. The Kier molecular flexibility index (Phi) is 5.81. The molecule has 3 rings (SSSR count). The van der Waals surface area contributed by atoms with Crippen molar-refractivity contribution >= 4 is 17.2 Å². The molecule has 0 fully saturated rings. The average Bonchev–Trinajstić information content (AvgIpc) is 3.07. The van der Waals surface area contributed by atoms with E-state index >= 15 is 0 Å². The van der Waals surface area contributed by atoms with Gasteiger partial charge in [-0.15, -0.1) is 0 Å². The standard InChI is InChI=1S/C19H19F2N3O5/c1-11(23-18(25)26)9-27-13-4-6-15(22-8-13)17-24-14-5-3-12(7-16(14)29-17)28-10-19(2,20)21/h3-8,11,23H,9-10H2,1-2H3,(H,25,26)/t11-/m0/s1. The molecule has 8 nitrogen and oxygen atoms in total. The molecule has 0 radical (unpaired) electrons. The maximum absolute atomic E-state index is 12.9. The van der Waals surface area contributed by atoms with E-state index in [2.05, 4.69) is 15.3 Å². The Bertz CT molecular complexity index is 986. The number of alkyl halides is 2. The molecule has 0 aliphatic heterocycles. The van der Waals surface area contributed by atoms with Crippen LogP contribution in [0.15, 0.2) is 40.9 Å². The zero-order chi connectivity index (χ0) is 21.0. The van der Waals surface area contributed by atoms with Gasteiger partial charge in [0, 0.05) is 13.0 Å². The monoisotopic (exact) mass is 407 g/mol. The minimum Gasteiger partial charge on any atom is -0.490 e. The van der Waals surface area contributed by atoms with E-state index in [9.17, 15) is 13.6 Å². The Labute approximate surface area is 164 Å². The van der Waals surface area contributed by atoms with Crippen molar-refractivity contribution in [2.45, 2.75) is 25.8 Å². The molecule has 3 aromatic rings. The Morgan fingerprint density at radius 1 is 1.28 bits per heavy atom. The SMILES string of the molecule is C[C@@H](COc1ccc(-c2nc3ccc(OCC(C)(F)F)cc3o2)nc1)NC(=O)O. The lowest BCUT2D eigenvalue weighted by molar-refractivity contribution is -0.0229. The van der Waals surface area contributed by atoms with Crippen LogP contribution in [0, 0.1) is 0 Å². The highest BCUT2D eigenvalue weighted by atomic mass is 19.3. The number of amides is 1. The summed E-state index contributed by atoms with van der Waals surface area (Å²) in [7, 11) is 0. The number of oxazole rings is 1. The van der Waals surface area contributed by atoms with E-state index in [0.717, 1.165) is 6.92 Å². The Hall–Kier alpha value is -3.43. The van der Waals surface area contributed by atoms with Crippen LogP contribution in [-0.4, -0.2) is 46.3 Å². The van der Waals surface area contributed by atoms with Gasteiger partial charge in [-0.05, 0) is 31.2 Å². The smallest absolute Gasteiger partial charge is 0.404 e. The number of benzene rings is 1. The highest BCUT2D eigenvalue weighted by Crippen LogP contribution is 2.27. The van der Waals surface area contributed by atoms with Gasteiger partial charge < -0.3 is 24.3 Å². The van der Waals surface area contributed by atoms with Crippen molar-refractivity contribution in [3.05, 3.63) is 36.5 Å². The van der Waals surface area contributed by atoms with Crippen molar-refractivity contribution < 1.29 is 32.6 Å². The fourth-order valence-electron chi connectivity index (χ4n) is 2.38. The van der Waals surface area contributed by atoms with E-state index in [4.69, 9.17) is 19.0 Å². The van der Waals surface area contributed by atoms with Crippen molar-refractivity contribution in [1.29, 1.82) is 0 Å². The first-order valence-corrected chi connectivity index (χ1v) is 8.69. The number of carbonyl (C=O) groups is 1. The minimum atomic E-state index is -2.93. The van der Waals surface area contributed by atoms with Gasteiger partial charge in [0.2, 0.25) is 5.89 Å². The zero-order valence-corrected chi connectivity index (χ0v) is 15.7. The quantitative estimate of drug-likeness (QED) is 0.582. The highest BCUT2D eigenvalue weighted by molar-refractivity contribution is 5.77. The number of nitrogens with zero attached hydrogens (tertiary/aromatic N) is 2. The molecular formula is C19H19F2N3O5. The zero-order valence-electron chi connectivity index (χ0n) is 15.7. The van der Waals surface area contributed by atoms with Gasteiger partial charge in [-0.1, -0.05) is 0 Å². The first kappa shape index (κ1) is 20.3. The van der Waals surface area contributed by atoms with E-state index in [0.29, 0.717) is 22.5 Å². The molecule has 10 heteroatoms.